The number of hydrogen-bond donors (Lipinski definition) is 0. The zero-order valence-electron chi connectivity index (χ0n) is 15.3. The van der Waals surface area contributed by atoms with E-state index in [0.717, 1.165) is 0 Å². The van der Waals surface area contributed by atoms with Crippen LogP contribution in [-0.4, -0.2) is 0 Å². The third-order valence-electron chi connectivity index (χ3n) is 5.22. The molecule has 0 saturated heterocycles. The third kappa shape index (κ3) is 2.60. The van der Waals surface area contributed by atoms with Crippen molar-refractivity contribution >= 4 is 38.4 Å². The van der Waals surface area contributed by atoms with E-state index in [1.807, 2.05) is 24.3 Å². The van der Waals surface area contributed by atoms with Gasteiger partial charge >= 0.3 is 170 Å². The molecular weight excluding hydrogens is 377 g/mol. The van der Waals surface area contributed by atoms with E-state index < -0.39 is 5.81 Å². The zero-order chi connectivity index (χ0) is 19.3. The average molecular weight is 397 g/mol. The van der Waals surface area contributed by atoms with E-state index in [-0.39, 0.29) is 0 Å². The number of nitriles is 1. The summed E-state index contributed by atoms with van der Waals surface area (Å²) in [4.78, 5) is 0. The van der Waals surface area contributed by atoms with Crippen LogP contribution in [0.25, 0.3) is 0 Å². The molecule has 0 radical (unpaired) electrons. The molecule has 28 heavy (non-hydrogen) atoms. The van der Waals surface area contributed by atoms with Crippen LogP contribution in [0.3, 0.4) is 0 Å². The topological polar surface area (TPSA) is 23.8 Å². The summed E-state index contributed by atoms with van der Waals surface area (Å²) in [6.45, 7) is 0. The monoisotopic (exact) mass is 397 g/mol. The summed E-state index contributed by atoms with van der Waals surface area (Å²) in [6, 6.07) is 42.1. The number of hydrogen-bond acceptors (Lipinski definition) is 2. The summed E-state index contributed by atoms with van der Waals surface area (Å²) < 4.78 is 0. The first-order valence-electron chi connectivity index (χ1n) is 9.15. The summed E-state index contributed by atoms with van der Waals surface area (Å²) >= 11 is 1.42. The maximum atomic E-state index is 10.2. The predicted molar refractivity (Wildman–Crippen MR) is 124 cm³/mol. The normalized spacial score (nSPS) is 12.5. The molecule has 0 aromatic heterocycles. The quantitative estimate of drug-likeness (QED) is 0.351. The molecule has 0 atom stereocenters. The Morgan fingerprint density at radius 3 is 0.929 bits per heavy atom. The van der Waals surface area contributed by atoms with Crippen LogP contribution in [0.5, 0.6) is 0 Å². The molecule has 4 rings (SSSR count). The first-order chi connectivity index (χ1) is 13.8. The summed E-state index contributed by atoms with van der Waals surface area (Å²) in [7, 11) is 0. The van der Waals surface area contributed by atoms with Crippen molar-refractivity contribution in [3.8, 4) is 5.40 Å². The molecule has 3 heteroatoms. The fraction of sp³-hybridized carbons (Fsp3) is 0. The van der Waals surface area contributed by atoms with Crippen LogP contribution in [0, 0.1) is 10.7 Å². The minimum absolute atomic E-state index is 1.18. The van der Waals surface area contributed by atoms with Gasteiger partial charge in [-0.1, -0.05) is 0 Å². The second-order valence-electron chi connectivity index (χ2n) is 6.56. The van der Waals surface area contributed by atoms with Crippen LogP contribution in [-0.2, 0) is 0 Å². The fourth-order valence-corrected chi connectivity index (χ4v) is 12.6. The molecule has 0 spiro atoms. The van der Waals surface area contributed by atoms with Crippen molar-refractivity contribution < 1.29 is 0 Å². The van der Waals surface area contributed by atoms with Crippen molar-refractivity contribution in [2.75, 3.05) is 0 Å². The molecule has 0 saturated carbocycles. The summed E-state index contributed by atoms with van der Waals surface area (Å²) in [6.07, 6.45) is 0. The van der Waals surface area contributed by atoms with Crippen LogP contribution in [0.1, 0.15) is 0 Å². The Bertz CT molecular complexity index is 921. The van der Waals surface area contributed by atoms with Crippen molar-refractivity contribution in [3.63, 3.8) is 0 Å². The van der Waals surface area contributed by atoms with Crippen molar-refractivity contribution in [1.29, 1.82) is 5.26 Å². The van der Waals surface area contributed by atoms with Crippen molar-refractivity contribution in [3.05, 3.63) is 121 Å². The molecule has 0 N–H and O–H groups in total. The molecule has 0 amide bonds. The maximum absolute atomic E-state index is 10.2. The Morgan fingerprint density at radius 2 is 0.714 bits per heavy atom. The van der Waals surface area contributed by atoms with Crippen LogP contribution in [0.15, 0.2) is 121 Å². The predicted octanol–water partition coefficient (Wildman–Crippen LogP) is 4.97. The van der Waals surface area contributed by atoms with Crippen LogP contribution >= 0.6 is 17.2 Å². The Labute approximate surface area is 170 Å². The molecule has 0 aliphatic heterocycles. The van der Waals surface area contributed by atoms with Crippen molar-refractivity contribution in [2.45, 2.75) is 0 Å². The van der Waals surface area contributed by atoms with Gasteiger partial charge in [0.2, 0.25) is 0 Å². The number of rotatable bonds is 5. The van der Waals surface area contributed by atoms with Crippen LogP contribution < -0.4 is 21.2 Å². The second kappa shape index (κ2) is 7.64. The molecule has 0 unspecified atom stereocenters. The fourth-order valence-electron chi connectivity index (χ4n) is 4.04. The first-order valence-corrected chi connectivity index (χ1v) is 12.8. The molecule has 4 aromatic rings. The zero-order valence-corrected chi connectivity index (χ0v) is 17.1. The summed E-state index contributed by atoms with van der Waals surface area (Å²) in [5.41, 5.74) is 0. The molecule has 0 aliphatic carbocycles. The third-order valence-corrected chi connectivity index (χ3v) is 14.7. The van der Waals surface area contributed by atoms with E-state index in [9.17, 15) is 5.26 Å². The summed E-state index contributed by atoms with van der Waals surface area (Å²) in [5.74, 6) is -3.32. The van der Waals surface area contributed by atoms with Crippen LogP contribution in [0.2, 0.25) is 0 Å². The van der Waals surface area contributed by atoms with E-state index in [4.69, 9.17) is 0 Å². The Kier molecular flexibility index (Phi) is 5.05. The molecule has 0 fully saturated rings. The second-order valence-corrected chi connectivity index (χ2v) is 13.8. The van der Waals surface area contributed by atoms with E-state index in [1.54, 1.807) is 0 Å². The van der Waals surface area contributed by atoms with Gasteiger partial charge in [0.15, 0.2) is 0 Å². The van der Waals surface area contributed by atoms with Gasteiger partial charge < -0.3 is 0 Å². The van der Waals surface area contributed by atoms with Gasteiger partial charge in [-0.3, -0.25) is 0 Å². The van der Waals surface area contributed by atoms with Gasteiger partial charge in [0.1, 0.15) is 0 Å². The van der Waals surface area contributed by atoms with Gasteiger partial charge in [0.05, 0.1) is 0 Å². The van der Waals surface area contributed by atoms with Gasteiger partial charge in [-0.2, -0.15) is 0 Å². The SMILES string of the molecule is N#CSP(c1ccccc1)(c1ccccc1)(c1ccccc1)c1ccccc1. The molecule has 1 nitrogen and oxygen atoms in total. The Morgan fingerprint density at radius 1 is 0.464 bits per heavy atom. The number of benzene rings is 4. The Hall–Kier alpha value is -2.85. The Balaban J connectivity index is 2.30. The average Bonchev–Trinajstić information content (AvgIpc) is 2.80. The number of thiocyanates is 1. The molecule has 0 bridgehead atoms. The van der Waals surface area contributed by atoms with Gasteiger partial charge in [-0.05, 0) is 0 Å². The molecule has 136 valence electrons. The van der Waals surface area contributed by atoms with Crippen molar-refractivity contribution in [2.24, 2.45) is 0 Å². The van der Waals surface area contributed by atoms with E-state index in [0.29, 0.717) is 0 Å². The standard InChI is InChI=1S/C25H20NPS/c26-21-28-27(22-13-5-1-6-14-22,23-15-7-2-8-16-23,24-17-9-3-10-18-24)25-19-11-4-12-20-25/h1-20H. The molecule has 0 heterocycles. The van der Waals surface area contributed by atoms with Gasteiger partial charge in [0.25, 0.3) is 0 Å². The van der Waals surface area contributed by atoms with Gasteiger partial charge in [0, 0.05) is 0 Å². The van der Waals surface area contributed by atoms with E-state index in [1.165, 1.54) is 32.6 Å². The number of nitrogens with zero attached hydrogens (tertiary/aromatic N) is 1. The van der Waals surface area contributed by atoms with E-state index >= 15 is 0 Å². The molecular formula is C25H20NPS. The molecule has 0 aliphatic rings. The minimum atomic E-state index is -3.32. The van der Waals surface area contributed by atoms with Gasteiger partial charge in [-0.25, -0.2) is 0 Å². The summed E-state index contributed by atoms with van der Waals surface area (Å²) in [5, 5.41) is 17.4. The van der Waals surface area contributed by atoms with E-state index in [2.05, 4.69) is 102 Å². The van der Waals surface area contributed by atoms with Gasteiger partial charge in [-0.15, -0.1) is 0 Å². The van der Waals surface area contributed by atoms with Crippen molar-refractivity contribution in [1.82, 2.24) is 0 Å². The van der Waals surface area contributed by atoms with Crippen LogP contribution in [0.4, 0.5) is 0 Å². The first kappa shape index (κ1) is 18.5. The molecule has 4 aromatic carbocycles.